The molecule has 152 valence electrons. The normalized spacial score (nSPS) is 15.5. The minimum atomic E-state index is -0.426. The van der Waals surface area contributed by atoms with Crippen LogP contribution in [0.3, 0.4) is 0 Å². The summed E-state index contributed by atoms with van der Waals surface area (Å²) in [5.74, 6) is -0.162. The number of aromatic nitrogens is 1. The van der Waals surface area contributed by atoms with Crippen molar-refractivity contribution in [3.05, 3.63) is 28.6 Å². The molecule has 28 heavy (non-hydrogen) atoms. The molecule has 1 aliphatic rings. The largest absolute Gasteiger partial charge is 0.349 e. The highest BCUT2D eigenvalue weighted by molar-refractivity contribution is 6.02. The molecule has 1 fully saturated rings. The third kappa shape index (κ3) is 4.64. The van der Waals surface area contributed by atoms with E-state index in [1.165, 1.54) is 0 Å². The van der Waals surface area contributed by atoms with Gasteiger partial charge in [0, 0.05) is 49.5 Å². The van der Waals surface area contributed by atoms with Gasteiger partial charge in [-0.15, -0.1) is 0 Å². The fourth-order valence-corrected chi connectivity index (χ4v) is 3.60. The molecule has 2 heterocycles. The molecule has 0 atom stereocenters. The average Bonchev–Trinajstić information content (AvgIpc) is 2.92. The molecule has 0 N–H and O–H groups in total. The Labute approximate surface area is 168 Å². The van der Waals surface area contributed by atoms with E-state index in [1.54, 1.807) is 15.9 Å². The van der Waals surface area contributed by atoms with Gasteiger partial charge < -0.3 is 14.4 Å². The second kappa shape index (κ2) is 8.64. The zero-order valence-electron chi connectivity index (χ0n) is 18.0. The summed E-state index contributed by atoms with van der Waals surface area (Å²) in [6.45, 7) is 14.7. The number of piperazine rings is 1. The molecular weight excluding hydrogens is 352 g/mol. The fourth-order valence-electron chi connectivity index (χ4n) is 3.60. The number of amides is 2. The predicted octanol–water partition coefficient (Wildman–Crippen LogP) is 3.14. The van der Waals surface area contributed by atoms with Crippen molar-refractivity contribution in [3.8, 4) is 6.07 Å². The SMILES string of the molecule is CCCn1c(C)cc(/C=C(\C#N)C(=O)N2CCN(C(=O)C(C)(C)C)CC2)c1C. The van der Waals surface area contributed by atoms with E-state index in [1.807, 2.05) is 40.7 Å². The van der Waals surface area contributed by atoms with E-state index in [2.05, 4.69) is 17.6 Å². The van der Waals surface area contributed by atoms with Crippen molar-refractivity contribution in [1.29, 1.82) is 5.26 Å². The minimum Gasteiger partial charge on any atom is -0.349 e. The lowest BCUT2D eigenvalue weighted by Crippen LogP contribution is -2.53. The van der Waals surface area contributed by atoms with E-state index in [9.17, 15) is 14.9 Å². The molecule has 1 aliphatic heterocycles. The summed E-state index contributed by atoms with van der Waals surface area (Å²) in [5, 5.41) is 9.57. The Morgan fingerprint density at radius 2 is 1.71 bits per heavy atom. The van der Waals surface area contributed by atoms with Gasteiger partial charge in [0.05, 0.1) is 0 Å². The summed E-state index contributed by atoms with van der Waals surface area (Å²) in [7, 11) is 0. The highest BCUT2D eigenvalue weighted by Gasteiger charge is 2.31. The number of rotatable bonds is 4. The number of aryl methyl sites for hydroxylation is 1. The van der Waals surface area contributed by atoms with Gasteiger partial charge in [0.1, 0.15) is 11.6 Å². The Morgan fingerprint density at radius 1 is 1.14 bits per heavy atom. The highest BCUT2D eigenvalue weighted by Crippen LogP contribution is 2.21. The van der Waals surface area contributed by atoms with Crippen LogP contribution in [0.1, 0.15) is 51.1 Å². The molecule has 1 saturated heterocycles. The molecular formula is C22H32N4O2. The molecule has 0 aliphatic carbocycles. The number of nitriles is 1. The van der Waals surface area contributed by atoms with Crippen LogP contribution in [-0.2, 0) is 16.1 Å². The Morgan fingerprint density at radius 3 is 2.21 bits per heavy atom. The molecule has 2 amide bonds. The van der Waals surface area contributed by atoms with Gasteiger partial charge in [0.2, 0.25) is 5.91 Å². The lowest BCUT2D eigenvalue weighted by Gasteiger charge is -2.37. The van der Waals surface area contributed by atoms with Crippen molar-refractivity contribution in [2.24, 2.45) is 5.41 Å². The smallest absolute Gasteiger partial charge is 0.264 e. The van der Waals surface area contributed by atoms with Crippen LogP contribution in [0.4, 0.5) is 0 Å². The molecule has 0 aromatic carbocycles. The van der Waals surface area contributed by atoms with E-state index < -0.39 is 5.41 Å². The maximum atomic E-state index is 12.9. The fraction of sp³-hybridized carbons (Fsp3) is 0.591. The van der Waals surface area contributed by atoms with E-state index in [0.29, 0.717) is 26.2 Å². The molecule has 0 saturated carbocycles. The third-order valence-electron chi connectivity index (χ3n) is 5.21. The number of hydrogen-bond acceptors (Lipinski definition) is 3. The van der Waals surface area contributed by atoms with Crippen molar-refractivity contribution < 1.29 is 9.59 Å². The van der Waals surface area contributed by atoms with Crippen molar-refractivity contribution in [3.63, 3.8) is 0 Å². The monoisotopic (exact) mass is 384 g/mol. The Balaban J connectivity index is 2.13. The number of hydrogen-bond donors (Lipinski definition) is 0. The van der Waals surface area contributed by atoms with Gasteiger partial charge in [-0.05, 0) is 38.0 Å². The summed E-state index contributed by atoms with van der Waals surface area (Å²) < 4.78 is 2.21. The first kappa shape index (κ1) is 21.7. The summed E-state index contributed by atoms with van der Waals surface area (Å²) in [6, 6.07) is 4.10. The van der Waals surface area contributed by atoms with Crippen molar-refractivity contribution in [1.82, 2.24) is 14.4 Å². The average molecular weight is 385 g/mol. The quantitative estimate of drug-likeness (QED) is 0.591. The van der Waals surface area contributed by atoms with Gasteiger partial charge in [0.25, 0.3) is 5.91 Å². The first-order valence-electron chi connectivity index (χ1n) is 9.97. The minimum absolute atomic E-state index is 0.0963. The molecule has 0 spiro atoms. The first-order chi connectivity index (χ1) is 13.1. The first-order valence-corrected chi connectivity index (χ1v) is 9.97. The second-order valence-electron chi connectivity index (χ2n) is 8.48. The standard InChI is InChI=1S/C22H32N4O2/c1-7-8-26-16(2)13-18(17(26)3)14-19(15-23)20(27)24-9-11-25(12-10-24)21(28)22(4,5)6/h13-14H,7-12H2,1-6H3/b19-14+. The van der Waals surface area contributed by atoms with Gasteiger partial charge >= 0.3 is 0 Å². The Kier molecular flexibility index (Phi) is 6.71. The predicted molar refractivity (Wildman–Crippen MR) is 110 cm³/mol. The zero-order valence-corrected chi connectivity index (χ0v) is 18.0. The third-order valence-corrected chi connectivity index (χ3v) is 5.21. The maximum Gasteiger partial charge on any atom is 0.264 e. The summed E-state index contributed by atoms with van der Waals surface area (Å²) in [4.78, 5) is 28.7. The van der Waals surface area contributed by atoms with Gasteiger partial charge in [-0.3, -0.25) is 9.59 Å². The number of nitrogens with zero attached hydrogens (tertiary/aromatic N) is 4. The van der Waals surface area contributed by atoms with Crippen LogP contribution >= 0.6 is 0 Å². The van der Waals surface area contributed by atoms with Crippen LogP contribution in [0.2, 0.25) is 0 Å². The van der Waals surface area contributed by atoms with Crippen molar-refractivity contribution >= 4 is 17.9 Å². The topological polar surface area (TPSA) is 69.3 Å². The lowest BCUT2D eigenvalue weighted by molar-refractivity contribution is -0.143. The molecule has 0 radical (unpaired) electrons. The van der Waals surface area contributed by atoms with Crippen LogP contribution in [0.5, 0.6) is 0 Å². The highest BCUT2D eigenvalue weighted by atomic mass is 16.2. The van der Waals surface area contributed by atoms with E-state index >= 15 is 0 Å². The summed E-state index contributed by atoms with van der Waals surface area (Å²) >= 11 is 0. The van der Waals surface area contributed by atoms with Gasteiger partial charge in [-0.2, -0.15) is 5.26 Å². The zero-order chi connectivity index (χ0) is 21.1. The van der Waals surface area contributed by atoms with Crippen LogP contribution < -0.4 is 0 Å². The number of carbonyl (C=O) groups excluding carboxylic acids is 2. The van der Waals surface area contributed by atoms with E-state index in [4.69, 9.17) is 0 Å². The molecule has 1 aromatic rings. The van der Waals surface area contributed by atoms with Gasteiger partial charge in [-0.1, -0.05) is 27.7 Å². The van der Waals surface area contributed by atoms with Crippen LogP contribution in [0.25, 0.3) is 6.08 Å². The molecule has 6 heteroatoms. The van der Waals surface area contributed by atoms with Crippen LogP contribution in [0, 0.1) is 30.6 Å². The number of carbonyl (C=O) groups is 2. The van der Waals surface area contributed by atoms with Gasteiger partial charge in [0.15, 0.2) is 0 Å². The van der Waals surface area contributed by atoms with E-state index in [-0.39, 0.29) is 17.4 Å². The Bertz CT molecular complexity index is 813. The summed E-state index contributed by atoms with van der Waals surface area (Å²) in [5.41, 5.74) is 2.83. The second-order valence-corrected chi connectivity index (χ2v) is 8.48. The molecule has 1 aromatic heterocycles. The van der Waals surface area contributed by atoms with Crippen molar-refractivity contribution in [2.45, 2.75) is 54.5 Å². The molecule has 6 nitrogen and oxygen atoms in total. The molecule has 2 rings (SSSR count). The maximum absolute atomic E-state index is 12.9. The van der Waals surface area contributed by atoms with Crippen molar-refractivity contribution in [2.75, 3.05) is 26.2 Å². The van der Waals surface area contributed by atoms with Gasteiger partial charge in [-0.25, -0.2) is 0 Å². The van der Waals surface area contributed by atoms with Crippen LogP contribution in [0.15, 0.2) is 11.6 Å². The Hall–Kier alpha value is -2.55. The van der Waals surface area contributed by atoms with E-state index in [0.717, 1.165) is 29.9 Å². The lowest BCUT2D eigenvalue weighted by atomic mass is 9.94. The molecule has 0 unspecified atom stereocenters. The molecule has 0 bridgehead atoms. The summed E-state index contributed by atoms with van der Waals surface area (Å²) in [6.07, 6.45) is 2.73. The van der Waals surface area contributed by atoms with Crippen LogP contribution in [-0.4, -0.2) is 52.4 Å².